The third-order valence-corrected chi connectivity index (χ3v) is 5.61. The van der Waals surface area contributed by atoms with Gasteiger partial charge in [0.05, 0.1) is 11.1 Å². The van der Waals surface area contributed by atoms with Gasteiger partial charge < -0.3 is 9.80 Å². The van der Waals surface area contributed by atoms with E-state index in [0.717, 1.165) is 0 Å². The number of ketones is 1. The van der Waals surface area contributed by atoms with E-state index in [1.807, 2.05) is 6.07 Å². The number of hydrogen-bond donors (Lipinski definition) is 0. The minimum absolute atomic E-state index is 0.0334. The predicted molar refractivity (Wildman–Crippen MR) is 119 cm³/mol. The Morgan fingerprint density at radius 2 is 1.09 bits per heavy atom. The van der Waals surface area contributed by atoms with Gasteiger partial charge in [0.15, 0.2) is 5.78 Å². The van der Waals surface area contributed by atoms with Gasteiger partial charge in [0.1, 0.15) is 5.82 Å². The van der Waals surface area contributed by atoms with E-state index in [1.165, 1.54) is 12.1 Å². The highest BCUT2D eigenvalue weighted by molar-refractivity contribution is 6.15. The molecule has 1 saturated heterocycles. The normalized spacial score (nSPS) is 14.0. The van der Waals surface area contributed by atoms with Crippen LogP contribution in [0.2, 0.25) is 0 Å². The fourth-order valence-corrected chi connectivity index (χ4v) is 3.91. The van der Waals surface area contributed by atoms with Crippen molar-refractivity contribution in [2.24, 2.45) is 0 Å². The van der Waals surface area contributed by atoms with Crippen molar-refractivity contribution >= 4 is 17.6 Å². The molecule has 1 heterocycles. The first-order chi connectivity index (χ1) is 15.6. The molecule has 0 atom stereocenters. The van der Waals surface area contributed by atoms with Gasteiger partial charge in [-0.05, 0) is 24.6 Å². The molecule has 4 rings (SSSR count). The lowest BCUT2D eigenvalue weighted by Gasteiger charge is -2.23. The molecule has 32 heavy (non-hydrogen) atoms. The van der Waals surface area contributed by atoms with Gasteiger partial charge in [0, 0.05) is 37.3 Å². The molecule has 0 spiro atoms. The Morgan fingerprint density at radius 3 is 1.72 bits per heavy atom. The summed E-state index contributed by atoms with van der Waals surface area (Å²) in [5.74, 6) is -1.38. The van der Waals surface area contributed by atoms with Gasteiger partial charge >= 0.3 is 0 Å². The lowest BCUT2D eigenvalue weighted by atomic mass is 9.97. The summed E-state index contributed by atoms with van der Waals surface area (Å²) in [5, 5.41) is 0. The molecule has 0 radical (unpaired) electrons. The number of benzene rings is 3. The Labute approximate surface area is 186 Å². The van der Waals surface area contributed by atoms with Crippen molar-refractivity contribution in [1.29, 1.82) is 0 Å². The molecule has 2 amide bonds. The highest BCUT2D eigenvalue weighted by atomic mass is 19.1. The monoisotopic (exact) mass is 430 g/mol. The first-order valence-corrected chi connectivity index (χ1v) is 10.6. The molecule has 0 saturated carbocycles. The summed E-state index contributed by atoms with van der Waals surface area (Å²) in [5.41, 5.74) is 1.25. The fourth-order valence-electron chi connectivity index (χ4n) is 3.91. The second-order valence-corrected chi connectivity index (χ2v) is 7.66. The van der Waals surface area contributed by atoms with Crippen LogP contribution in [0.4, 0.5) is 4.39 Å². The molecular formula is C26H23FN2O3. The quantitative estimate of drug-likeness (QED) is 0.587. The Morgan fingerprint density at radius 1 is 0.594 bits per heavy atom. The molecule has 1 aliphatic rings. The summed E-state index contributed by atoms with van der Waals surface area (Å²) in [4.78, 5) is 42.3. The van der Waals surface area contributed by atoms with Crippen LogP contribution in [0.15, 0.2) is 78.9 Å². The van der Waals surface area contributed by atoms with Crippen LogP contribution in [0, 0.1) is 5.82 Å². The molecule has 3 aromatic carbocycles. The molecule has 5 nitrogen and oxygen atoms in total. The Hall–Kier alpha value is -3.80. The highest BCUT2D eigenvalue weighted by Gasteiger charge is 2.27. The zero-order chi connectivity index (χ0) is 22.5. The van der Waals surface area contributed by atoms with Crippen LogP contribution >= 0.6 is 0 Å². The summed E-state index contributed by atoms with van der Waals surface area (Å²) in [6.45, 7) is 1.50. The number of amides is 2. The van der Waals surface area contributed by atoms with Gasteiger partial charge in [-0.3, -0.25) is 14.4 Å². The maximum Gasteiger partial charge on any atom is 0.256 e. The Bertz CT molecular complexity index is 1150. The summed E-state index contributed by atoms with van der Waals surface area (Å²) in [6, 6.07) is 21.6. The molecular weight excluding hydrogens is 407 g/mol. The number of rotatable bonds is 4. The van der Waals surface area contributed by atoms with Crippen LogP contribution in [0.1, 0.15) is 43.1 Å². The van der Waals surface area contributed by atoms with Crippen molar-refractivity contribution in [3.63, 3.8) is 0 Å². The van der Waals surface area contributed by atoms with Gasteiger partial charge in [0.25, 0.3) is 11.8 Å². The van der Waals surface area contributed by atoms with Gasteiger partial charge in [-0.15, -0.1) is 0 Å². The summed E-state index contributed by atoms with van der Waals surface area (Å²) in [6.07, 6.45) is 0.570. The highest BCUT2D eigenvalue weighted by Crippen LogP contribution is 2.19. The van der Waals surface area contributed by atoms with Crippen molar-refractivity contribution in [2.75, 3.05) is 26.2 Å². The second kappa shape index (κ2) is 9.56. The molecule has 0 N–H and O–H groups in total. The average molecular weight is 430 g/mol. The van der Waals surface area contributed by atoms with E-state index >= 15 is 0 Å². The summed E-state index contributed by atoms with van der Waals surface area (Å²) < 4.78 is 14.0. The van der Waals surface area contributed by atoms with Crippen molar-refractivity contribution in [1.82, 2.24) is 9.80 Å². The van der Waals surface area contributed by atoms with Gasteiger partial charge in [-0.2, -0.15) is 0 Å². The smallest absolute Gasteiger partial charge is 0.256 e. The van der Waals surface area contributed by atoms with E-state index in [4.69, 9.17) is 0 Å². The molecule has 0 aromatic heterocycles. The molecule has 0 aliphatic carbocycles. The predicted octanol–water partition coefficient (Wildman–Crippen LogP) is 4.05. The topological polar surface area (TPSA) is 57.7 Å². The first-order valence-electron chi connectivity index (χ1n) is 10.6. The molecule has 0 unspecified atom stereocenters. The SMILES string of the molecule is O=C(c1ccccc1)c1ccccc1C(=O)N1CCCN(C(=O)c2ccccc2F)CC1. The molecule has 1 aliphatic heterocycles. The third kappa shape index (κ3) is 4.44. The molecule has 6 heteroatoms. The van der Waals surface area contributed by atoms with Crippen LogP contribution in [-0.2, 0) is 0 Å². The van der Waals surface area contributed by atoms with Crippen LogP contribution < -0.4 is 0 Å². The minimum atomic E-state index is -0.553. The average Bonchev–Trinajstić information content (AvgIpc) is 3.10. The Balaban J connectivity index is 1.51. The van der Waals surface area contributed by atoms with Crippen molar-refractivity contribution in [2.45, 2.75) is 6.42 Å². The summed E-state index contributed by atoms with van der Waals surface area (Å²) >= 11 is 0. The van der Waals surface area contributed by atoms with Crippen LogP contribution in [-0.4, -0.2) is 53.6 Å². The number of carbonyl (C=O) groups is 3. The fraction of sp³-hybridized carbons (Fsp3) is 0.192. The molecule has 0 bridgehead atoms. The second-order valence-electron chi connectivity index (χ2n) is 7.66. The van der Waals surface area contributed by atoms with E-state index in [1.54, 1.807) is 70.5 Å². The van der Waals surface area contributed by atoms with Crippen molar-refractivity contribution in [3.05, 3.63) is 107 Å². The van der Waals surface area contributed by atoms with Crippen LogP contribution in [0.25, 0.3) is 0 Å². The van der Waals surface area contributed by atoms with E-state index in [0.29, 0.717) is 49.3 Å². The number of hydrogen-bond acceptors (Lipinski definition) is 3. The molecule has 3 aromatic rings. The minimum Gasteiger partial charge on any atom is -0.337 e. The maximum atomic E-state index is 14.0. The van der Waals surface area contributed by atoms with Crippen molar-refractivity contribution < 1.29 is 18.8 Å². The number of halogens is 1. The Kier molecular flexibility index (Phi) is 6.40. The summed E-state index contributed by atoms with van der Waals surface area (Å²) in [7, 11) is 0. The lowest BCUT2D eigenvalue weighted by molar-refractivity contribution is 0.0715. The van der Waals surface area contributed by atoms with E-state index in [-0.39, 0.29) is 23.2 Å². The van der Waals surface area contributed by atoms with Crippen LogP contribution in [0.5, 0.6) is 0 Å². The largest absolute Gasteiger partial charge is 0.337 e. The zero-order valence-corrected chi connectivity index (χ0v) is 17.5. The standard InChI is InChI=1S/C26H23FN2O3/c27-23-14-7-6-13-22(23)26(32)29-16-8-15-28(17-18-29)25(31)21-12-5-4-11-20(21)24(30)19-9-2-1-3-10-19/h1-7,9-14H,8,15-18H2. The number of nitrogens with zero attached hydrogens (tertiary/aromatic N) is 2. The van der Waals surface area contributed by atoms with Gasteiger partial charge in [0.2, 0.25) is 0 Å². The van der Waals surface area contributed by atoms with Gasteiger partial charge in [-0.1, -0.05) is 60.7 Å². The van der Waals surface area contributed by atoms with E-state index in [9.17, 15) is 18.8 Å². The van der Waals surface area contributed by atoms with E-state index < -0.39 is 5.82 Å². The lowest BCUT2D eigenvalue weighted by Crippen LogP contribution is -2.38. The van der Waals surface area contributed by atoms with Crippen molar-refractivity contribution in [3.8, 4) is 0 Å². The molecule has 1 fully saturated rings. The van der Waals surface area contributed by atoms with Gasteiger partial charge in [-0.25, -0.2) is 4.39 Å². The maximum absolute atomic E-state index is 14.0. The molecule has 162 valence electrons. The first kappa shape index (κ1) is 21.4. The van der Waals surface area contributed by atoms with Crippen LogP contribution in [0.3, 0.4) is 0 Å². The van der Waals surface area contributed by atoms with E-state index in [2.05, 4.69) is 0 Å². The zero-order valence-electron chi connectivity index (χ0n) is 17.5. The third-order valence-electron chi connectivity index (χ3n) is 5.61. The number of carbonyl (C=O) groups excluding carboxylic acids is 3.